The molecule has 2 aromatic carbocycles. The minimum atomic E-state index is -0.256. The predicted molar refractivity (Wildman–Crippen MR) is 112 cm³/mol. The van der Waals surface area contributed by atoms with E-state index < -0.39 is 0 Å². The molecule has 0 spiro atoms. The van der Waals surface area contributed by atoms with Gasteiger partial charge in [-0.3, -0.25) is 9.36 Å². The highest BCUT2D eigenvalue weighted by Crippen LogP contribution is 2.19. The Hall–Kier alpha value is -3.25. The molecule has 2 heterocycles. The Bertz CT molecular complexity index is 1170. The number of hydrogen-bond donors (Lipinski definition) is 2. The fourth-order valence-corrected chi connectivity index (χ4v) is 3.35. The first-order valence-electron chi connectivity index (χ1n) is 8.88. The second kappa shape index (κ2) is 7.78. The van der Waals surface area contributed by atoms with Crippen molar-refractivity contribution in [3.8, 4) is 11.4 Å². The van der Waals surface area contributed by atoms with Crippen LogP contribution < -0.4 is 15.6 Å². The SMILES string of the molecule is COc1ccc(-n2cc(Cl)nc(NCCc3c[nH]c4ccccc34)c2=O)cc1. The van der Waals surface area contributed by atoms with E-state index >= 15 is 0 Å². The average Bonchev–Trinajstić information content (AvgIpc) is 3.13. The van der Waals surface area contributed by atoms with Gasteiger partial charge in [0.05, 0.1) is 13.3 Å². The molecule has 0 radical (unpaired) electrons. The Morgan fingerprint density at radius 2 is 1.96 bits per heavy atom. The number of fused-ring (bicyclic) bond motifs is 1. The van der Waals surface area contributed by atoms with Crippen LogP contribution in [0.25, 0.3) is 16.6 Å². The van der Waals surface area contributed by atoms with Crippen molar-refractivity contribution in [2.45, 2.75) is 6.42 Å². The number of anilines is 1. The van der Waals surface area contributed by atoms with Crippen molar-refractivity contribution in [1.82, 2.24) is 14.5 Å². The van der Waals surface area contributed by atoms with Crippen LogP contribution in [0.2, 0.25) is 5.15 Å². The lowest BCUT2D eigenvalue weighted by Crippen LogP contribution is -2.24. The van der Waals surface area contributed by atoms with E-state index in [0.717, 1.165) is 11.9 Å². The second-order valence-corrected chi connectivity index (χ2v) is 6.71. The molecule has 0 aliphatic heterocycles. The minimum Gasteiger partial charge on any atom is -0.497 e. The summed E-state index contributed by atoms with van der Waals surface area (Å²) in [6.45, 7) is 0.563. The Morgan fingerprint density at radius 1 is 1.18 bits per heavy atom. The molecule has 4 aromatic rings. The lowest BCUT2D eigenvalue weighted by atomic mass is 10.1. The summed E-state index contributed by atoms with van der Waals surface area (Å²) < 4.78 is 6.64. The van der Waals surface area contributed by atoms with E-state index in [4.69, 9.17) is 16.3 Å². The monoisotopic (exact) mass is 394 g/mol. The number of H-pyrrole nitrogens is 1. The van der Waals surface area contributed by atoms with Crippen molar-refractivity contribution in [3.63, 3.8) is 0 Å². The molecule has 0 aliphatic carbocycles. The molecule has 0 amide bonds. The smallest absolute Gasteiger partial charge is 0.297 e. The van der Waals surface area contributed by atoms with Gasteiger partial charge in [-0.25, -0.2) is 4.98 Å². The van der Waals surface area contributed by atoms with Crippen molar-refractivity contribution in [1.29, 1.82) is 0 Å². The number of nitrogens with one attached hydrogen (secondary N) is 2. The van der Waals surface area contributed by atoms with Crippen LogP contribution in [-0.4, -0.2) is 28.2 Å². The van der Waals surface area contributed by atoms with E-state index in [0.29, 0.717) is 18.0 Å². The third-order valence-corrected chi connectivity index (χ3v) is 4.77. The third kappa shape index (κ3) is 3.59. The highest BCUT2D eigenvalue weighted by Gasteiger charge is 2.10. The maximum atomic E-state index is 12.8. The number of hydrogen-bond acceptors (Lipinski definition) is 4. The van der Waals surface area contributed by atoms with Crippen LogP contribution in [0.15, 0.2) is 65.7 Å². The van der Waals surface area contributed by atoms with Crippen LogP contribution in [0.4, 0.5) is 5.82 Å². The molecule has 4 rings (SSSR count). The van der Waals surface area contributed by atoms with Gasteiger partial charge >= 0.3 is 0 Å². The summed E-state index contributed by atoms with van der Waals surface area (Å²) >= 11 is 6.15. The highest BCUT2D eigenvalue weighted by molar-refractivity contribution is 6.29. The van der Waals surface area contributed by atoms with Gasteiger partial charge in [0.1, 0.15) is 10.9 Å². The Balaban J connectivity index is 1.54. The first kappa shape index (κ1) is 18.1. The van der Waals surface area contributed by atoms with Gasteiger partial charge < -0.3 is 15.0 Å². The minimum absolute atomic E-state index is 0.225. The maximum Gasteiger partial charge on any atom is 0.297 e. The number of methoxy groups -OCH3 is 1. The van der Waals surface area contributed by atoms with E-state index in [1.54, 1.807) is 31.4 Å². The van der Waals surface area contributed by atoms with Crippen LogP contribution in [0.5, 0.6) is 5.75 Å². The lowest BCUT2D eigenvalue weighted by Gasteiger charge is -2.11. The third-order valence-electron chi connectivity index (χ3n) is 4.59. The summed E-state index contributed by atoms with van der Waals surface area (Å²) in [5.74, 6) is 0.942. The molecule has 0 unspecified atom stereocenters. The zero-order valence-corrected chi connectivity index (χ0v) is 16.0. The molecular formula is C21H19ClN4O2. The molecule has 0 bridgehead atoms. The molecule has 0 atom stereocenters. The summed E-state index contributed by atoms with van der Waals surface area (Å²) in [6.07, 6.45) is 4.25. The molecule has 2 aromatic heterocycles. The fourth-order valence-electron chi connectivity index (χ4n) is 3.17. The zero-order valence-electron chi connectivity index (χ0n) is 15.3. The fraction of sp³-hybridized carbons (Fsp3) is 0.143. The summed E-state index contributed by atoms with van der Waals surface area (Å²) in [7, 11) is 1.60. The number of aromatic amines is 1. The van der Waals surface area contributed by atoms with Gasteiger partial charge in [-0.05, 0) is 42.3 Å². The van der Waals surface area contributed by atoms with Gasteiger partial charge in [-0.2, -0.15) is 0 Å². The molecule has 142 valence electrons. The molecular weight excluding hydrogens is 376 g/mol. The van der Waals surface area contributed by atoms with Crippen LogP contribution in [0.3, 0.4) is 0 Å². The number of aromatic nitrogens is 3. The molecule has 0 saturated carbocycles. The topological polar surface area (TPSA) is 71.9 Å². The first-order valence-corrected chi connectivity index (χ1v) is 9.26. The standard InChI is InChI=1S/C21H19ClN4O2/c1-28-16-8-6-15(7-9-16)26-13-19(22)25-20(21(26)27)23-11-10-14-12-24-18-5-3-2-4-17(14)18/h2-9,12-13,24H,10-11H2,1H3,(H,23,25). The van der Waals surface area contributed by atoms with Crippen LogP contribution in [0.1, 0.15) is 5.56 Å². The Morgan fingerprint density at radius 3 is 2.75 bits per heavy atom. The average molecular weight is 395 g/mol. The van der Waals surface area contributed by atoms with Crippen molar-refractivity contribution < 1.29 is 4.74 Å². The summed E-state index contributed by atoms with van der Waals surface area (Å²) in [6, 6.07) is 15.3. The molecule has 0 aliphatic rings. The Kier molecular flexibility index (Phi) is 5.04. The van der Waals surface area contributed by atoms with Gasteiger partial charge in [-0.15, -0.1) is 0 Å². The van der Waals surface area contributed by atoms with Crippen molar-refractivity contribution >= 4 is 28.3 Å². The van der Waals surface area contributed by atoms with E-state index in [2.05, 4.69) is 21.4 Å². The molecule has 2 N–H and O–H groups in total. The van der Waals surface area contributed by atoms with Crippen LogP contribution >= 0.6 is 11.6 Å². The number of halogens is 1. The summed E-state index contributed by atoms with van der Waals surface area (Å²) in [4.78, 5) is 20.2. The number of ether oxygens (including phenoxy) is 1. The molecule has 28 heavy (non-hydrogen) atoms. The van der Waals surface area contributed by atoms with Crippen molar-refractivity contribution in [2.24, 2.45) is 0 Å². The lowest BCUT2D eigenvalue weighted by molar-refractivity contribution is 0.414. The number of benzene rings is 2. The number of nitrogens with zero attached hydrogens (tertiary/aromatic N) is 2. The van der Waals surface area contributed by atoms with Gasteiger partial charge in [0.25, 0.3) is 5.56 Å². The van der Waals surface area contributed by atoms with Crippen molar-refractivity contribution in [2.75, 3.05) is 19.0 Å². The van der Waals surface area contributed by atoms with Gasteiger partial charge in [0, 0.05) is 29.3 Å². The first-order chi connectivity index (χ1) is 13.7. The van der Waals surface area contributed by atoms with Crippen LogP contribution in [-0.2, 0) is 6.42 Å². The highest BCUT2D eigenvalue weighted by atomic mass is 35.5. The number of rotatable bonds is 6. The maximum absolute atomic E-state index is 12.8. The second-order valence-electron chi connectivity index (χ2n) is 6.32. The van der Waals surface area contributed by atoms with E-state index in [1.807, 2.05) is 24.4 Å². The normalized spacial score (nSPS) is 10.9. The number of para-hydroxylation sites is 1. The zero-order chi connectivity index (χ0) is 19.5. The largest absolute Gasteiger partial charge is 0.497 e. The van der Waals surface area contributed by atoms with Crippen molar-refractivity contribution in [3.05, 3.63) is 82.0 Å². The van der Waals surface area contributed by atoms with E-state index in [-0.39, 0.29) is 16.5 Å². The molecule has 0 fully saturated rings. The quantitative estimate of drug-likeness (QED) is 0.518. The predicted octanol–water partition coefficient (Wildman–Crippen LogP) is 4.03. The molecule has 0 saturated heterocycles. The van der Waals surface area contributed by atoms with Gasteiger partial charge in [0.2, 0.25) is 0 Å². The summed E-state index contributed by atoms with van der Waals surface area (Å²) in [5.41, 5.74) is 2.71. The van der Waals surface area contributed by atoms with Crippen LogP contribution in [0, 0.1) is 0 Å². The Labute approximate surface area is 166 Å². The molecule has 6 nitrogen and oxygen atoms in total. The van der Waals surface area contributed by atoms with Gasteiger partial charge in [0.15, 0.2) is 5.82 Å². The molecule has 7 heteroatoms. The summed E-state index contributed by atoms with van der Waals surface area (Å²) in [5, 5.41) is 4.54. The van der Waals surface area contributed by atoms with E-state index in [1.165, 1.54) is 21.7 Å². The van der Waals surface area contributed by atoms with Gasteiger partial charge in [-0.1, -0.05) is 29.8 Å². The van der Waals surface area contributed by atoms with E-state index in [9.17, 15) is 4.79 Å².